The standard InChI is InChI=1S/C26H44N5O10P/c1-6-7-8-9-10-15-37-22(32)18(2)29-42(36)39-17-19-21(41-42)26(3,35)23(40-19)31-14-12-20(27-24(31)33)28-25(34)38-16-11-13-30(4)5/h12,14,18-19,21,23,29,35-36H,6-11,13,15-17H2,1-5H3/p+1/t18-,19+,21+,23+,26+,42?/m0/s1. The molecule has 0 radical (unpaired) electrons. The van der Waals surface area contributed by atoms with Gasteiger partial charge in [0.25, 0.3) is 0 Å². The SMILES string of the molecule is CCCCCCCOC(=O)[C@H](C)N[P+]1(O)OC[C@H]2O[C@@H](n3ccc(NC(=O)OCCCN(C)C)nc3=O)[C@](C)(O)[C@@H]2O1. The first kappa shape index (κ1) is 34.3. The van der Waals surface area contributed by atoms with Crippen molar-refractivity contribution in [2.24, 2.45) is 0 Å². The van der Waals surface area contributed by atoms with E-state index in [9.17, 15) is 24.4 Å². The third kappa shape index (κ3) is 9.38. The van der Waals surface area contributed by atoms with Crippen LogP contribution in [0.15, 0.2) is 17.1 Å². The molecule has 16 heteroatoms. The lowest BCUT2D eigenvalue weighted by atomic mass is 9.96. The summed E-state index contributed by atoms with van der Waals surface area (Å²) in [6.07, 6.45) is 3.08. The topological polar surface area (TPSA) is 183 Å². The van der Waals surface area contributed by atoms with Gasteiger partial charge in [0.15, 0.2) is 12.3 Å². The molecule has 0 spiro atoms. The Hall–Kier alpha value is -2.23. The first-order valence-corrected chi connectivity index (χ1v) is 15.9. The van der Waals surface area contributed by atoms with Gasteiger partial charge in [-0.15, -0.1) is 5.09 Å². The number of unbranched alkanes of at least 4 members (excludes halogenated alkanes) is 4. The molecule has 4 N–H and O–H groups in total. The predicted octanol–water partition coefficient (Wildman–Crippen LogP) is 1.97. The lowest BCUT2D eigenvalue weighted by Crippen LogP contribution is -2.51. The van der Waals surface area contributed by atoms with E-state index in [-0.39, 0.29) is 25.6 Å². The molecule has 1 aromatic rings. The highest BCUT2D eigenvalue weighted by Crippen LogP contribution is 2.61. The molecule has 1 unspecified atom stereocenters. The van der Waals surface area contributed by atoms with Crippen LogP contribution in [0.5, 0.6) is 0 Å². The summed E-state index contributed by atoms with van der Waals surface area (Å²) in [6.45, 7) is 6.10. The Labute approximate surface area is 246 Å². The number of rotatable bonds is 15. The molecule has 2 fully saturated rings. The minimum atomic E-state index is -3.81. The van der Waals surface area contributed by atoms with Crippen molar-refractivity contribution in [2.45, 2.75) is 89.4 Å². The molecule has 2 saturated heterocycles. The summed E-state index contributed by atoms with van der Waals surface area (Å²) in [7, 11) is 0.0148. The summed E-state index contributed by atoms with van der Waals surface area (Å²) in [5, 5.41) is 16.4. The number of aromatic nitrogens is 2. The summed E-state index contributed by atoms with van der Waals surface area (Å²) in [5.74, 6) is -0.598. The van der Waals surface area contributed by atoms with Crippen LogP contribution < -0.4 is 16.1 Å². The fourth-order valence-corrected chi connectivity index (χ4v) is 6.41. The van der Waals surface area contributed by atoms with E-state index >= 15 is 0 Å². The van der Waals surface area contributed by atoms with Crippen molar-refractivity contribution in [2.75, 3.05) is 45.8 Å². The highest BCUT2D eigenvalue weighted by Gasteiger charge is 2.65. The quantitative estimate of drug-likeness (QED) is 0.127. The van der Waals surface area contributed by atoms with Crippen LogP contribution in [0.25, 0.3) is 0 Å². The van der Waals surface area contributed by atoms with Gasteiger partial charge in [-0.2, -0.15) is 18.9 Å². The number of carbonyl (C=O) groups is 2. The number of ether oxygens (including phenoxy) is 3. The van der Waals surface area contributed by atoms with Crippen LogP contribution >= 0.6 is 8.09 Å². The van der Waals surface area contributed by atoms with E-state index < -0.39 is 55.9 Å². The van der Waals surface area contributed by atoms with Crippen molar-refractivity contribution in [3.8, 4) is 0 Å². The molecule has 2 aliphatic rings. The average Bonchev–Trinajstić information content (AvgIpc) is 3.17. The first-order chi connectivity index (χ1) is 19.9. The normalized spacial score (nSPS) is 27.9. The number of nitrogens with one attached hydrogen (secondary N) is 2. The maximum absolute atomic E-state index is 12.8. The Kier molecular flexibility index (Phi) is 12.6. The van der Waals surface area contributed by atoms with Gasteiger partial charge in [0.2, 0.25) is 0 Å². The zero-order valence-corrected chi connectivity index (χ0v) is 25.9. The summed E-state index contributed by atoms with van der Waals surface area (Å²) in [4.78, 5) is 54.1. The predicted molar refractivity (Wildman–Crippen MR) is 153 cm³/mol. The number of aliphatic hydroxyl groups is 1. The van der Waals surface area contributed by atoms with Crippen LogP contribution in [-0.2, 0) is 28.1 Å². The Bertz CT molecular complexity index is 1110. The van der Waals surface area contributed by atoms with E-state index in [2.05, 4.69) is 22.3 Å². The molecule has 0 saturated carbocycles. The Morgan fingerprint density at radius 2 is 1.95 bits per heavy atom. The van der Waals surface area contributed by atoms with Gasteiger partial charge in [0.05, 0.1) is 13.2 Å². The second-order valence-electron chi connectivity index (χ2n) is 10.9. The van der Waals surface area contributed by atoms with Crippen LogP contribution in [0.2, 0.25) is 0 Å². The second kappa shape index (κ2) is 15.5. The fraction of sp³-hybridized carbons (Fsp3) is 0.769. The molecule has 3 rings (SSSR count). The number of hydrogen-bond acceptors (Lipinski definition) is 13. The van der Waals surface area contributed by atoms with Crippen LogP contribution in [0.4, 0.5) is 10.6 Å². The minimum Gasteiger partial charge on any atom is -0.464 e. The lowest BCUT2D eigenvalue weighted by Gasteiger charge is -2.33. The molecule has 42 heavy (non-hydrogen) atoms. The van der Waals surface area contributed by atoms with E-state index in [0.717, 1.165) is 43.2 Å². The highest BCUT2D eigenvalue weighted by molar-refractivity contribution is 7.58. The highest BCUT2D eigenvalue weighted by atomic mass is 31.2. The van der Waals surface area contributed by atoms with Gasteiger partial charge < -0.3 is 24.2 Å². The van der Waals surface area contributed by atoms with Gasteiger partial charge in [-0.25, -0.2) is 9.59 Å². The number of hydrogen-bond donors (Lipinski definition) is 4. The van der Waals surface area contributed by atoms with Gasteiger partial charge in [-0.3, -0.25) is 14.7 Å². The van der Waals surface area contributed by atoms with Gasteiger partial charge in [0.1, 0.15) is 30.2 Å². The smallest absolute Gasteiger partial charge is 0.464 e. The largest absolute Gasteiger partial charge is 0.500 e. The number of amides is 1. The summed E-state index contributed by atoms with van der Waals surface area (Å²) < 4.78 is 28.6. The van der Waals surface area contributed by atoms with E-state index in [0.29, 0.717) is 6.42 Å². The van der Waals surface area contributed by atoms with Gasteiger partial charge >= 0.3 is 25.8 Å². The van der Waals surface area contributed by atoms with E-state index in [1.54, 1.807) is 0 Å². The van der Waals surface area contributed by atoms with Crippen molar-refractivity contribution in [3.05, 3.63) is 22.7 Å². The van der Waals surface area contributed by atoms with Crippen molar-refractivity contribution in [1.29, 1.82) is 0 Å². The number of anilines is 1. The molecular weight excluding hydrogens is 573 g/mol. The zero-order chi connectivity index (χ0) is 30.9. The number of carbonyl (C=O) groups excluding carboxylic acids is 2. The first-order valence-electron chi connectivity index (χ1n) is 14.3. The maximum Gasteiger partial charge on any atom is 0.500 e. The monoisotopic (exact) mass is 618 g/mol. The van der Waals surface area contributed by atoms with Gasteiger partial charge in [-0.05, 0) is 46.9 Å². The molecule has 2 aliphatic heterocycles. The maximum atomic E-state index is 12.8. The molecule has 238 valence electrons. The summed E-state index contributed by atoms with van der Waals surface area (Å²) in [5.41, 5.74) is -2.61. The second-order valence-corrected chi connectivity index (χ2v) is 12.7. The lowest BCUT2D eigenvalue weighted by molar-refractivity contribution is -0.145. The number of nitrogens with zero attached hydrogens (tertiary/aromatic N) is 3. The molecule has 1 amide bonds. The Morgan fingerprint density at radius 1 is 1.24 bits per heavy atom. The molecule has 15 nitrogen and oxygen atoms in total. The van der Waals surface area contributed by atoms with E-state index in [4.69, 9.17) is 23.3 Å². The summed E-state index contributed by atoms with van der Waals surface area (Å²) in [6, 6.07) is 0.425. The molecule has 6 atom stereocenters. The van der Waals surface area contributed by atoms with Crippen molar-refractivity contribution in [1.82, 2.24) is 19.5 Å². The van der Waals surface area contributed by atoms with Crippen LogP contribution in [-0.4, -0.2) is 101 Å². The molecule has 0 aromatic carbocycles. The molecule has 3 heterocycles. The number of fused-ring (bicyclic) bond motifs is 1. The van der Waals surface area contributed by atoms with Crippen LogP contribution in [0, 0.1) is 0 Å². The molecule has 0 aliphatic carbocycles. The van der Waals surface area contributed by atoms with Crippen LogP contribution in [0.1, 0.15) is 65.5 Å². The summed E-state index contributed by atoms with van der Waals surface area (Å²) >= 11 is 0. The average molecular weight is 619 g/mol. The van der Waals surface area contributed by atoms with Crippen molar-refractivity contribution < 1.29 is 42.8 Å². The molecule has 0 bridgehead atoms. The van der Waals surface area contributed by atoms with Gasteiger partial charge in [-0.1, -0.05) is 32.6 Å². The zero-order valence-electron chi connectivity index (χ0n) is 25.0. The Balaban J connectivity index is 1.56. The third-order valence-corrected chi connectivity index (χ3v) is 8.61. The molecule has 1 aromatic heterocycles. The van der Waals surface area contributed by atoms with Crippen LogP contribution in [0.3, 0.4) is 0 Å². The van der Waals surface area contributed by atoms with Gasteiger partial charge in [0, 0.05) is 12.7 Å². The van der Waals surface area contributed by atoms with E-state index in [1.807, 2.05) is 19.0 Å². The Morgan fingerprint density at radius 3 is 2.64 bits per heavy atom. The van der Waals surface area contributed by atoms with E-state index in [1.165, 1.54) is 26.1 Å². The molecular formula is C26H45N5O10P+. The third-order valence-electron chi connectivity index (χ3n) is 6.89. The fourth-order valence-electron chi connectivity index (χ4n) is 4.61. The minimum absolute atomic E-state index is 0.0326. The van der Waals surface area contributed by atoms with Crippen molar-refractivity contribution in [3.63, 3.8) is 0 Å². The number of esters is 1. The van der Waals surface area contributed by atoms with Crippen molar-refractivity contribution >= 4 is 26.0 Å².